The fourth-order valence-electron chi connectivity index (χ4n) is 1.86. The first-order valence-electron chi connectivity index (χ1n) is 5.33. The van der Waals surface area contributed by atoms with E-state index < -0.39 is 12.0 Å². The average Bonchev–Trinajstić information content (AvgIpc) is 2.73. The molecule has 1 saturated heterocycles. The number of likely N-dealkylation sites (tertiary alicyclic amines) is 1. The number of amides is 2. The number of urea groups is 1. The molecule has 5 heteroatoms. The fourth-order valence-corrected chi connectivity index (χ4v) is 1.86. The van der Waals surface area contributed by atoms with Gasteiger partial charge >= 0.3 is 12.0 Å². The number of rotatable bonds is 3. The van der Waals surface area contributed by atoms with Gasteiger partial charge < -0.3 is 14.9 Å². The molecule has 0 bridgehead atoms. The van der Waals surface area contributed by atoms with Crippen molar-refractivity contribution in [2.75, 3.05) is 19.6 Å². The van der Waals surface area contributed by atoms with E-state index in [0.29, 0.717) is 19.5 Å². The molecular weight excluding hydrogens is 208 g/mol. The molecule has 0 aliphatic carbocycles. The van der Waals surface area contributed by atoms with Crippen LogP contribution in [0.15, 0.2) is 0 Å². The van der Waals surface area contributed by atoms with Crippen LogP contribution in [0, 0.1) is 12.3 Å². The zero-order valence-electron chi connectivity index (χ0n) is 9.35. The molecule has 1 heterocycles. The Morgan fingerprint density at radius 3 is 2.81 bits per heavy atom. The summed E-state index contributed by atoms with van der Waals surface area (Å²) in [6.45, 7) is 3.03. The van der Waals surface area contributed by atoms with Crippen molar-refractivity contribution in [1.29, 1.82) is 0 Å². The highest BCUT2D eigenvalue weighted by Gasteiger charge is 2.35. The molecule has 0 unspecified atom stereocenters. The number of carbonyl (C=O) groups is 2. The highest BCUT2D eigenvalue weighted by Crippen LogP contribution is 2.19. The summed E-state index contributed by atoms with van der Waals surface area (Å²) in [5, 5.41) is 8.96. The van der Waals surface area contributed by atoms with E-state index in [2.05, 4.69) is 5.92 Å². The molecule has 0 aromatic carbocycles. The molecule has 1 aliphatic heterocycles. The molecule has 0 aromatic rings. The molecule has 2 amide bonds. The molecular formula is C11H16N2O3. The van der Waals surface area contributed by atoms with Crippen molar-refractivity contribution in [1.82, 2.24) is 9.80 Å². The van der Waals surface area contributed by atoms with Crippen molar-refractivity contribution < 1.29 is 14.7 Å². The quantitative estimate of drug-likeness (QED) is 0.714. The number of hydrogen-bond donors (Lipinski definition) is 1. The first kappa shape index (κ1) is 12.4. The van der Waals surface area contributed by atoms with E-state index in [9.17, 15) is 9.59 Å². The SMILES string of the molecule is C#CCN(CC)C(=O)N1CCC[C@H]1C(=O)O. The molecule has 1 rings (SSSR count). The molecule has 0 radical (unpaired) electrons. The Morgan fingerprint density at radius 1 is 1.62 bits per heavy atom. The number of carbonyl (C=O) groups excluding carboxylic acids is 1. The Kier molecular flexibility index (Phi) is 4.18. The van der Waals surface area contributed by atoms with E-state index in [0.717, 1.165) is 6.42 Å². The maximum Gasteiger partial charge on any atom is 0.326 e. The van der Waals surface area contributed by atoms with Crippen molar-refractivity contribution in [3.8, 4) is 12.3 Å². The first-order chi connectivity index (χ1) is 7.61. The highest BCUT2D eigenvalue weighted by atomic mass is 16.4. The van der Waals surface area contributed by atoms with Crippen LogP contribution in [0.5, 0.6) is 0 Å². The van der Waals surface area contributed by atoms with Gasteiger partial charge in [0.05, 0.1) is 6.54 Å². The van der Waals surface area contributed by atoms with Gasteiger partial charge in [-0.25, -0.2) is 9.59 Å². The van der Waals surface area contributed by atoms with Crippen molar-refractivity contribution in [3.63, 3.8) is 0 Å². The molecule has 1 atom stereocenters. The molecule has 5 nitrogen and oxygen atoms in total. The molecule has 0 saturated carbocycles. The summed E-state index contributed by atoms with van der Waals surface area (Å²) in [7, 11) is 0. The second-order valence-electron chi connectivity index (χ2n) is 3.69. The Bertz CT molecular complexity index is 322. The van der Waals surface area contributed by atoms with E-state index in [1.807, 2.05) is 6.92 Å². The third kappa shape index (κ3) is 2.45. The number of carboxylic acid groups (broad SMARTS) is 1. The molecule has 1 N–H and O–H groups in total. The summed E-state index contributed by atoms with van der Waals surface area (Å²) in [6, 6.07) is -0.968. The van der Waals surface area contributed by atoms with Gasteiger partial charge in [-0.3, -0.25) is 0 Å². The monoisotopic (exact) mass is 224 g/mol. The lowest BCUT2D eigenvalue weighted by atomic mass is 10.2. The molecule has 1 fully saturated rings. The number of terminal acetylenes is 1. The van der Waals surface area contributed by atoms with Crippen LogP contribution in [-0.4, -0.2) is 52.6 Å². The van der Waals surface area contributed by atoms with Crippen molar-refractivity contribution in [2.45, 2.75) is 25.8 Å². The third-order valence-corrected chi connectivity index (χ3v) is 2.72. The van der Waals surface area contributed by atoms with Gasteiger partial charge in [0.25, 0.3) is 0 Å². The molecule has 16 heavy (non-hydrogen) atoms. The van der Waals surface area contributed by atoms with E-state index in [4.69, 9.17) is 11.5 Å². The smallest absolute Gasteiger partial charge is 0.326 e. The summed E-state index contributed by atoms with van der Waals surface area (Å²) in [4.78, 5) is 25.8. The fraction of sp³-hybridized carbons (Fsp3) is 0.636. The van der Waals surface area contributed by atoms with E-state index >= 15 is 0 Å². The van der Waals surface area contributed by atoms with Crippen molar-refractivity contribution in [3.05, 3.63) is 0 Å². The maximum atomic E-state index is 12.0. The van der Waals surface area contributed by atoms with Crippen LogP contribution in [0.4, 0.5) is 4.79 Å². The van der Waals surface area contributed by atoms with E-state index in [1.54, 1.807) is 0 Å². The van der Waals surface area contributed by atoms with Gasteiger partial charge in [-0.05, 0) is 19.8 Å². The predicted octanol–water partition coefficient (Wildman–Crippen LogP) is 0.610. The number of aliphatic carboxylic acids is 1. The van der Waals surface area contributed by atoms with Crippen molar-refractivity contribution >= 4 is 12.0 Å². The summed E-state index contributed by atoms with van der Waals surface area (Å²) >= 11 is 0. The van der Waals surface area contributed by atoms with Gasteiger partial charge in [0, 0.05) is 13.1 Å². The van der Waals surface area contributed by atoms with Gasteiger partial charge in [-0.2, -0.15) is 0 Å². The summed E-state index contributed by atoms with van der Waals surface area (Å²) in [6.07, 6.45) is 6.41. The van der Waals surface area contributed by atoms with Gasteiger partial charge in [-0.1, -0.05) is 5.92 Å². The number of hydrogen-bond acceptors (Lipinski definition) is 2. The minimum Gasteiger partial charge on any atom is -0.480 e. The average molecular weight is 224 g/mol. The van der Waals surface area contributed by atoms with E-state index in [1.165, 1.54) is 9.80 Å². The molecule has 88 valence electrons. The minimum atomic E-state index is -0.942. The van der Waals surface area contributed by atoms with Crippen LogP contribution in [-0.2, 0) is 4.79 Å². The van der Waals surface area contributed by atoms with Gasteiger partial charge in [-0.15, -0.1) is 6.42 Å². The number of carboxylic acids is 1. The lowest BCUT2D eigenvalue weighted by Crippen LogP contribution is -2.48. The zero-order valence-corrected chi connectivity index (χ0v) is 9.35. The lowest BCUT2D eigenvalue weighted by Gasteiger charge is -2.28. The number of nitrogens with zero attached hydrogens (tertiary/aromatic N) is 2. The Hall–Kier alpha value is -1.70. The first-order valence-corrected chi connectivity index (χ1v) is 5.33. The molecule has 0 spiro atoms. The normalized spacial score (nSPS) is 19.2. The molecule has 1 aliphatic rings. The van der Waals surface area contributed by atoms with E-state index in [-0.39, 0.29) is 12.6 Å². The van der Waals surface area contributed by atoms with Crippen LogP contribution < -0.4 is 0 Å². The van der Waals surface area contributed by atoms with Crippen molar-refractivity contribution in [2.24, 2.45) is 0 Å². The van der Waals surface area contributed by atoms with Crippen LogP contribution in [0.25, 0.3) is 0 Å². The standard InChI is InChI=1S/C11H16N2O3/c1-3-7-12(4-2)11(16)13-8-5-6-9(13)10(14)15/h1,9H,4-8H2,2H3,(H,14,15)/t9-/m0/s1. The largest absolute Gasteiger partial charge is 0.480 e. The summed E-state index contributed by atoms with van der Waals surface area (Å²) in [5.74, 6) is 1.46. The predicted molar refractivity (Wildman–Crippen MR) is 58.8 cm³/mol. The van der Waals surface area contributed by atoms with Crippen LogP contribution in [0.1, 0.15) is 19.8 Å². The summed E-state index contributed by atoms with van der Waals surface area (Å²) in [5.41, 5.74) is 0. The second-order valence-corrected chi connectivity index (χ2v) is 3.69. The van der Waals surface area contributed by atoms with Crippen LogP contribution in [0.2, 0.25) is 0 Å². The van der Waals surface area contributed by atoms with Gasteiger partial charge in [0.15, 0.2) is 0 Å². The molecule has 0 aromatic heterocycles. The Labute approximate surface area is 95.0 Å². The highest BCUT2D eigenvalue weighted by molar-refractivity contribution is 5.83. The second kappa shape index (κ2) is 5.40. The van der Waals surface area contributed by atoms with Gasteiger partial charge in [0.1, 0.15) is 6.04 Å². The van der Waals surface area contributed by atoms with Crippen LogP contribution in [0.3, 0.4) is 0 Å². The lowest BCUT2D eigenvalue weighted by molar-refractivity contribution is -0.141. The summed E-state index contributed by atoms with van der Waals surface area (Å²) < 4.78 is 0. The maximum absolute atomic E-state index is 12.0. The third-order valence-electron chi connectivity index (χ3n) is 2.72. The van der Waals surface area contributed by atoms with Gasteiger partial charge in [0.2, 0.25) is 0 Å². The zero-order chi connectivity index (χ0) is 12.1. The Morgan fingerprint density at radius 2 is 2.31 bits per heavy atom. The van der Waals surface area contributed by atoms with Crippen LogP contribution >= 0.6 is 0 Å². The topological polar surface area (TPSA) is 60.9 Å². The minimum absolute atomic E-state index is 0.220. The Balaban J connectivity index is 2.72.